The summed E-state index contributed by atoms with van der Waals surface area (Å²) < 4.78 is 38.0. The molecule has 0 aliphatic carbocycles. The third kappa shape index (κ3) is 3.23. The van der Waals surface area contributed by atoms with Crippen LogP contribution in [-0.2, 0) is 6.18 Å². The smallest absolute Gasteiger partial charge is 0.344 e. The van der Waals surface area contributed by atoms with Gasteiger partial charge in [-0.25, -0.2) is 0 Å². The molecule has 2 nitrogen and oxygen atoms in total. The van der Waals surface area contributed by atoms with Gasteiger partial charge in [0.25, 0.3) is 0 Å². The maximum Gasteiger partial charge on any atom is 0.416 e. The Kier molecular flexibility index (Phi) is 4.22. The van der Waals surface area contributed by atoms with Crippen molar-refractivity contribution in [2.75, 3.05) is 5.32 Å². The maximum atomic E-state index is 12.7. The number of alkyl halides is 3. The summed E-state index contributed by atoms with van der Waals surface area (Å²) in [5.74, 6) is 0. The van der Waals surface area contributed by atoms with Crippen molar-refractivity contribution in [2.24, 2.45) is 0 Å². The summed E-state index contributed by atoms with van der Waals surface area (Å²) in [6.07, 6.45) is -2.25. The molecule has 0 unspecified atom stereocenters. The van der Waals surface area contributed by atoms with E-state index in [0.717, 1.165) is 25.0 Å². The van der Waals surface area contributed by atoms with Crippen LogP contribution in [0.4, 0.5) is 18.9 Å². The molecule has 6 heteroatoms. The van der Waals surface area contributed by atoms with Crippen LogP contribution in [0.15, 0.2) is 24.3 Å². The minimum absolute atomic E-state index is 0.316. The van der Waals surface area contributed by atoms with Crippen LogP contribution < -0.4 is 5.32 Å². The quantitative estimate of drug-likeness (QED) is 0.780. The van der Waals surface area contributed by atoms with E-state index in [0.29, 0.717) is 22.9 Å². The Bertz CT molecular complexity index is 491. The molecular weight excluding hydrogens is 285 g/mol. The molecule has 1 heterocycles. The number of thiocarbonyl (C=S) groups is 1. The van der Waals surface area contributed by atoms with Gasteiger partial charge in [-0.2, -0.15) is 13.2 Å². The van der Waals surface area contributed by atoms with Crippen LogP contribution in [0, 0.1) is 0 Å². The molecule has 1 saturated heterocycles. The highest BCUT2D eigenvalue weighted by molar-refractivity contribution is 7.80. The second-order valence-corrected chi connectivity index (χ2v) is 5.58. The number of benzene rings is 1. The molecule has 0 spiro atoms. The Morgan fingerprint density at radius 1 is 1.25 bits per heavy atom. The summed E-state index contributed by atoms with van der Waals surface area (Å²) in [5, 5.41) is 3.40. The summed E-state index contributed by atoms with van der Waals surface area (Å²) >= 11 is 5.32. The first-order valence-corrected chi connectivity index (χ1v) is 6.96. The highest BCUT2D eigenvalue weighted by Gasteiger charge is 2.31. The predicted octanol–water partition coefficient (Wildman–Crippen LogP) is 4.28. The third-order valence-electron chi connectivity index (χ3n) is 3.63. The summed E-state index contributed by atoms with van der Waals surface area (Å²) in [5.41, 5.74) is -0.302. The third-order valence-corrected chi connectivity index (χ3v) is 3.94. The number of rotatable bonds is 1. The van der Waals surface area contributed by atoms with E-state index in [-0.39, 0.29) is 0 Å². The summed E-state index contributed by atoms with van der Waals surface area (Å²) in [6, 6.07) is 5.73. The fourth-order valence-corrected chi connectivity index (χ4v) is 3.03. The maximum absolute atomic E-state index is 12.7. The zero-order valence-electron chi connectivity index (χ0n) is 11.4. The second kappa shape index (κ2) is 5.60. The Balaban J connectivity index is 2.12. The zero-order valence-corrected chi connectivity index (χ0v) is 12.2. The predicted molar refractivity (Wildman–Crippen MR) is 77.7 cm³/mol. The van der Waals surface area contributed by atoms with E-state index in [1.807, 2.05) is 0 Å². The molecule has 0 bridgehead atoms. The number of anilines is 1. The monoisotopic (exact) mass is 302 g/mol. The van der Waals surface area contributed by atoms with Crippen molar-refractivity contribution >= 4 is 23.0 Å². The number of nitrogens with one attached hydrogen (secondary N) is 1. The molecule has 1 aliphatic heterocycles. The lowest BCUT2D eigenvalue weighted by Gasteiger charge is -2.29. The lowest BCUT2D eigenvalue weighted by Crippen LogP contribution is -2.41. The lowest BCUT2D eigenvalue weighted by molar-refractivity contribution is -0.137. The second-order valence-electron chi connectivity index (χ2n) is 5.19. The number of halogens is 3. The van der Waals surface area contributed by atoms with E-state index in [1.54, 1.807) is 6.07 Å². The van der Waals surface area contributed by atoms with Gasteiger partial charge < -0.3 is 10.2 Å². The number of hydrogen-bond acceptors (Lipinski definition) is 1. The van der Waals surface area contributed by atoms with Gasteiger partial charge in [-0.3, -0.25) is 0 Å². The molecule has 110 valence electrons. The lowest BCUT2D eigenvalue weighted by atomic mass is 10.2. The fourth-order valence-electron chi connectivity index (χ4n) is 2.56. The Hall–Kier alpha value is -1.30. The highest BCUT2D eigenvalue weighted by Crippen LogP contribution is 2.31. The van der Waals surface area contributed by atoms with Crippen LogP contribution in [-0.4, -0.2) is 22.1 Å². The first-order valence-electron chi connectivity index (χ1n) is 6.55. The summed E-state index contributed by atoms with van der Waals surface area (Å²) in [7, 11) is 0. The molecule has 1 aromatic carbocycles. The van der Waals surface area contributed by atoms with Gasteiger partial charge in [0.05, 0.1) is 5.56 Å². The van der Waals surface area contributed by atoms with Gasteiger partial charge in [0.2, 0.25) is 0 Å². The minimum Gasteiger partial charge on any atom is -0.344 e. The Morgan fingerprint density at radius 2 is 1.85 bits per heavy atom. The van der Waals surface area contributed by atoms with Crippen molar-refractivity contribution in [2.45, 2.75) is 44.9 Å². The van der Waals surface area contributed by atoms with Crippen molar-refractivity contribution in [1.29, 1.82) is 0 Å². The van der Waals surface area contributed by atoms with Crippen LogP contribution in [0.5, 0.6) is 0 Å². The van der Waals surface area contributed by atoms with E-state index in [4.69, 9.17) is 12.2 Å². The van der Waals surface area contributed by atoms with Crippen molar-refractivity contribution in [3.63, 3.8) is 0 Å². The average Bonchev–Trinajstić information content (AvgIpc) is 2.68. The average molecular weight is 302 g/mol. The molecular formula is C14H17F3N2S. The molecule has 1 fully saturated rings. The van der Waals surface area contributed by atoms with Crippen LogP contribution in [0.1, 0.15) is 32.3 Å². The minimum atomic E-state index is -4.34. The van der Waals surface area contributed by atoms with Gasteiger partial charge in [-0.15, -0.1) is 0 Å². The van der Waals surface area contributed by atoms with Gasteiger partial charge in [-0.1, -0.05) is 6.07 Å². The molecule has 1 N–H and O–H groups in total. The standard InChI is InChI=1S/C14H17F3N2S/c1-9-6-7-10(2)19(9)13(20)18-12-5-3-4-11(8-12)14(15,16)17/h3-5,8-10H,6-7H2,1-2H3,(H,18,20)/t9-,10-/m0/s1. The summed E-state index contributed by atoms with van der Waals surface area (Å²) in [4.78, 5) is 2.05. The molecule has 0 aromatic heterocycles. The highest BCUT2D eigenvalue weighted by atomic mass is 32.1. The molecule has 2 atom stereocenters. The normalized spacial score (nSPS) is 22.9. The van der Waals surface area contributed by atoms with Gasteiger partial charge in [0.15, 0.2) is 5.11 Å². The van der Waals surface area contributed by atoms with Crippen molar-refractivity contribution < 1.29 is 13.2 Å². The first-order chi connectivity index (χ1) is 9.29. The van der Waals surface area contributed by atoms with Crippen molar-refractivity contribution in [3.8, 4) is 0 Å². The Morgan fingerprint density at radius 3 is 2.40 bits per heavy atom. The summed E-state index contributed by atoms with van der Waals surface area (Å²) in [6.45, 7) is 4.15. The molecule has 0 saturated carbocycles. The topological polar surface area (TPSA) is 15.3 Å². The van der Waals surface area contributed by atoms with Gasteiger partial charge >= 0.3 is 6.18 Å². The van der Waals surface area contributed by atoms with Crippen LogP contribution >= 0.6 is 12.2 Å². The van der Waals surface area contributed by atoms with E-state index >= 15 is 0 Å². The van der Waals surface area contributed by atoms with Crippen LogP contribution in [0.2, 0.25) is 0 Å². The Labute approximate surface area is 122 Å². The van der Waals surface area contributed by atoms with Crippen molar-refractivity contribution in [3.05, 3.63) is 29.8 Å². The van der Waals surface area contributed by atoms with E-state index < -0.39 is 11.7 Å². The SMILES string of the molecule is C[C@H]1CC[C@H](C)N1C(=S)Nc1cccc(C(F)(F)F)c1. The first kappa shape index (κ1) is 15.1. The van der Waals surface area contributed by atoms with E-state index in [1.165, 1.54) is 6.07 Å². The van der Waals surface area contributed by atoms with E-state index in [9.17, 15) is 13.2 Å². The molecule has 2 rings (SSSR count). The zero-order chi connectivity index (χ0) is 14.9. The van der Waals surface area contributed by atoms with Gasteiger partial charge in [0.1, 0.15) is 0 Å². The van der Waals surface area contributed by atoms with Gasteiger partial charge in [-0.05, 0) is 57.1 Å². The molecule has 0 radical (unpaired) electrons. The van der Waals surface area contributed by atoms with Crippen LogP contribution in [0.3, 0.4) is 0 Å². The number of hydrogen-bond donors (Lipinski definition) is 1. The molecule has 1 aliphatic rings. The van der Waals surface area contributed by atoms with Crippen molar-refractivity contribution in [1.82, 2.24) is 4.90 Å². The largest absolute Gasteiger partial charge is 0.416 e. The van der Waals surface area contributed by atoms with Gasteiger partial charge in [0, 0.05) is 17.8 Å². The number of nitrogens with zero attached hydrogens (tertiary/aromatic N) is 1. The molecule has 1 aromatic rings. The van der Waals surface area contributed by atoms with Crippen LogP contribution in [0.25, 0.3) is 0 Å². The van der Waals surface area contributed by atoms with E-state index in [2.05, 4.69) is 24.1 Å². The number of likely N-dealkylation sites (tertiary alicyclic amines) is 1. The molecule has 0 amide bonds. The molecule has 20 heavy (non-hydrogen) atoms. The fraction of sp³-hybridized carbons (Fsp3) is 0.500.